The average molecular weight is 194 g/mol. The lowest BCUT2D eigenvalue weighted by Gasteiger charge is -2.31. The van der Waals surface area contributed by atoms with Crippen LogP contribution in [0.15, 0.2) is 0 Å². The van der Waals surface area contributed by atoms with Crippen molar-refractivity contribution < 1.29 is 0 Å². The lowest BCUT2D eigenvalue weighted by Crippen LogP contribution is -2.38. The molecule has 1 saturated heterocycles. The third-order valence-corrected chi connectivity index (χ3v) is 4.30. The molecule has 1 N–H and O–H groups in total. The second-order valence-electron chi connectivity index (χ2n) is 3.89. The molecule has 2 fully saturated rings. The molecule has 2 atom stereocenters. The van der Waals surface area contributed by atoms with E-state index >= 15 is 0 Å². The number of halogens is 2. The minimum atomic E-state index is -0.408. The Hall–Kier alpha value is 0.540. The summed E-state index contributed by atoms with van der Waals surface area (Å²) in [4.78, 5) is 0. The van der Waals surface area contributed by atoms with Gasteiger partial charge in [-0.25, -0.2) is 0 Å². The molecule has 1 saturated carbocycles. The first-order valence-corrected chi connectivity index (χ1v) is 4.93. The Morgan fingerprint density at radius 2 is 2.09 bits per heavy atom. The molecule has 1 aliphatic heterocycles. The molecule has 0 amide bonds. The first-order chi connectivity index (χ1) is 5.08. The molecule has 1 spiro atoms. The molecular formula is C8H13Cl2N. The molecule has 1 unspecified atom stereocenters. The molecule has 3 heteroatoms. The summed E-state index contributed by atoms with van der Waals surface area (Å²) in [7, 11) is 0. The number of nitrogens with one attached hydrogen (secondary N) is 1. The third kappa shape index (κ3) is 1.01. The highest BCUT2D eigenvalue weighted by Gasteiger charge is 2.68. The maximum Gasteiger partial charge on any atom is 0.125 e. The van der Waals surface area contributed by atoms with Crippen molar-refractivity contribution >= 4 is 23.2 Å². The minimum absolute atomic E-state index is 0.251. The van der Waals surface area contributed by atoms with Crippen LogP contribution in [0.2, 0.25) is 0 Å². The van der Waals surface area contributed by atoms with Crippen LogP contribution in [0.3, 0.4) is 0 Å². The fourth-order valence-corrected chi connectivity index (χ4v) is 3.27. The summed E-state index contributed by atoms with van der Waals surface area (Å²) in [5, 5.41) is 3.35. The van der Waals surface area contributed by atoms with Gasteiger partial charge in [-0.05, 0) is 31.8 Å². The van der Waals surface area contributed by atoms with Gasteiger partial charge in [0.25, 0.3) is 0 Å². The van der Waals surface area contributed by atoms with Crippen molar-refractivity contribution in [3.8, 4) is 0 Å². The number of hydrogen-bond acceptors (Lipinski definition) is 1. The number of alkyl halides is 2. The Balaban J connectivity index is 2.13. The van der Waals surface area contributed by atoms with E-state index in [-0.39, 0.29) is 5.41 Å². The number of hydrogen-bond donors (Lipinski definition) is 1. The highest BCUT2D eigenvalue weighted by atomic mass is 35.5. The van der Waals surface area contributed by atoms with Gasteiger partial charge in [-0.15, -0.1) is 23.2 Å². The van der Waals surface area contributed by atoms with Crippen molar-refractivity contribution in [3.63, 3.8) is 0 Å². The van der Waals surface area contributed by atoms with Gasteiger partial charge in [0.05, 0.1) is 0 Å². The van der Waals surface area contributed by atoms with Crippen molar-refractivity contribution in [2.45, 2.75) is 24.1 Å². The second-order valence-corrected chi connectivity index (χ2v) is 5.38. The first-order valence-electron chi connectivity index (χ1n) is 4.17. The van der Waals surface area contributed by atoms with Gasteiger partial charge in [0.15, 0.2) is 0 Å². The summed E-state index contributed by atoms with van der Waals surface area (Å²) in [6.45, 7) is 4.38. The number of rotatable bonds is 0. The topological polar surface area (TPSA) is 12.0 Å². The lowest BCUT2D eigenvalue weighted by atomic mass is 9.84. The normalized spacial score (nSPS) is 47.7. The van der Waals surface area contributed by atoms with Gasteiger partial charge in [-0.2, -0.15) is 0 Å². The lowest BCUT2D eigenvalue weighted by molar-refractivity contribution is 0.246. The van der Waals surface area contributed by atoms with Gasteiger partial charge in [0.1, 0.15) is 4.33 Å². The Morgan fingerprint density at radius 1 is 1.45 bits per heavy atom. The van der Waals surface area contributed by atoms with E-state index in [0.29, 0.717) is 5.92 Å². The number of piperidine rings is 1. The molecule has 0 aromatic heterocycles. The molecule has 1 aliphatic carbocycles. The van der Waals surface area contributed by atoms with E-state index in [1.165, 1.54) is 0 Å². The summed E-state index contributed by atoms with van der Waals surface area (Å²) in [6, 6.07) is 0. The zero-order chi connectivity index (χ0) is 8.11. The average Bonchev–Trinajstić information content (AvgIpc) is 2.45. The van der Waals surface area contributed by atoms with Crippen LogP contribution in [0.25, 0.3) is 0 Å². The highest BCUT2D eigenvalue weighted by molar-refractivity contribution is 6.51. The summed E-state index contributed by atoms with van der Waals surface area (Å²) < 4.78 is -0.408. The Morgan fingerprint density at radius 3 is 2.45 bits per heavy atom. The minimum Gasteiger partial charge on any atom is -0.316 e. The maximum absolute atomic E-state index is 6.11. The van der Waals surface area contributed by atoms with E-state index in [1.54, 1.807) is 0 Å². The predicted octanol–water partition coefficient (Wildman–Crippen LogP) is 2.18. The van der Waals surface area contributed by atoms with Crippen LogP contribution in [-0.2, 0) is 0 Å². The quantitative estimate of drug-likeness (QED) is 0.583. The zero-order valence-corrected chi connectivity index (χ0v) is 8.17. The standard InChI is InChI=1S/C8H13Cl2N/c1-6-4-11-3-2-7(6)5-8(7,9)10/h6,11H,2-5H2,1H3/t6-,7?/m1/s1. The molecular weight excluding hydrogens is 181 g/mol. The fourth-order valence-electron chi connectivity index (χ4n) is 2.23. The summed E-state index contributed by atoms with van der Waals surface area (Å²) >= 11 is 12.2. The Labute approximate surface area is 77.4 Å². The molecule has 1 nitrogen and oxygen atoms in total. The van der Waals surface area contributed by atoms with Crippen LogP contribution in [0.4, 0.5) is 0 Å². The molecule has 64 valence electrons. The zero-order valence-electron chi connectivity index (χ0n) is 6.66. The van der Waals surface area contributed by atoms with Gasteiger partial charge < -0.3 is 5.32 Å². The van der Waals surface area contributed by atoms with Crippen LogP contribution >= 0.6 is 23.2 Å². The van der Waals surface area contributed by atoms with Crippen LogP contribution < -0.4 is 5.32 Å². The van der Waals surface area contributed by atoms with Gasteiger partial charge in [0.2, 0.25) is 0 Å². The van der Waals surface area contributed by atoms with Gasteiger partial charge in [-0.1, -0.05) is 6.92 Å². The summed E-state index contributed by atoms with van der Waals surface area (Å²) in [5.74, 6) is 0.631. The molecule has 0 bridgehead atoms. The first kappa shape index (κ1) is 8.15. The van der Waals surface area contributed by atoms with Crippen molar-refractivity contribution in [1.29, 1.82) is 0 Å². The van der Waals surface area contributed by atoms with Crippen LogP contribution in [-0.4, -0.2) is 17.4 Å². The Kier molecular flexibility index (Phi) is 1.69. The molecule has 0 aromatic carbocycles. The van der Waals surface area contributed by atoms with Crippen LogP contribution in [0.5, 0.6) is 0 Å². The Bertz CT molecular complexity index is 181. The molecule has 0 radical (unpaired) electrons. The highest BCUT2D eigenvalue weighted by Crippen LogP contribution is 2.70. The van der Waals surface area contributed by atoms with Crippen molar-refractivity contribution in [2.75, 3.05) is 13.1 Å². The van der Waals surface area contributed by atoms with Crippen molar-refractivity contribution in [2.24, 2.45) is 11.3 Å². The van der Waals surface area contributed by atoms with Gasteiger partial charge >= 0.3 is 0 Å². The monoisotopic (exact) mass is 193 g/mol. The molecule has 0 aromatic rings. The molecule has 2 rings (SSSR count). The second kappa shape index (κ2) is 2.27. The SMILES string of the molecule is C[C@@H]1CNCCC12CC2(Cl)Cl. The van der Waals surface area contributed by atoms with E-state index in [9.17, 15) is 0 Å². The largest absolute Gasteiger partial charge is 0.316 e. The summed E-state index contributed by atoms with van der Waals surface area (Å²) in [5.41, 5.74) is 0.251. The van der Waals surface area contributed by atoms with E-state index in [2.05, 4.69) is 12.2 Å². The summed E-state index contributed by atoms with van der Waals surface area (Å²) in [6.07, 6.45) is 2.13. The van der Waals surface area contributed by atoms with Gasteiger partial charge in [0, 0.05) is 5.41 Å². The van der Waals surface area contributed by atoms with Crippen molar-refractivity contribution in [3.05, 3.63) is 0 Å². The maximum atomic E-state index is 6.11. The smallest absolute Gasteiger partial charge is 0.125 e. The van der Waals surface area contributed by atoms with Gasteiger partial charge in [-0.3, -0.25) is 0 Å². The molecule has 1 heterocycles. The van der Waals surface area contributed by atoms with E-state index in [1.807, 2.05) is 0 Å². The van der Waals surface area contributed by atoms with Crippen LogP contribution in [0.1, 0.15) is 19.8 Å². The van der Waals surface area contributed by atoms with E-state index < -0.39 is 4.33 Å². The fraction of sp³-hybridized carbons (Fsp3) is 1.00. The van der Waals surface area contributed by atoms with Crippen molar-refractivity contribution in [1.82, 2.24) is 5.32 Å². The van der Waals surface area contributed by atoms with E-state index in [0.717, 1.165) is 25.9 Å². The predicted molar refractivity (Wildman–Crippen MR) is 48.1 cm³/mol. The molecule has 11 heavy (non-hydrogen) atoms. The van der Waals surface area contributed by atoms with E-state index in [4.69, 9.17) is 23.2 Å². The van der Waals surface area contributed by atoms with Crippen LogP contribution in [0, 0.1) is 11.3 Å². The molecule has 2 aliphatic rings. The third-order valence-electron chi connectivity index (χ3n) is 3.28.